The van der Waals surface area contributed by atoms with Gasteiger partial charge in [0.2, 0.25) is 11.1 Å². The number of ether oxygens (including phenoxy) is 3. The summed E-state index contributed by atoms with van der Waals surface area (Å²) >= 11 is 5.23. The van der Waals surface area contributed by atoms with Crippen molar-refractivity contribution >= 4 is 39.6 Å². The van der Waals surface area contributed by atoms with Crippen molar-refractivity contribution in [2.24, 2.45) is 0 Å². The van der Waals surface area contributed by atoms with Crippen LogP contribution in [0.1, 0.15) is 43.0 Å². The summed E-state index contributed by atoms with van der Waals surface area (Å²) in [6.45, 7) is 6.38. The fraction of sp³-hybridized carbons (Fsp3) is 0.346. The zero-order chi connectivity index (χ0) is 25.8. The Morgan fingerprint density at radius 1 is 1.19 bits per heavy atom. The number of carbonyl (C=O) groups excluding carboxylic acids is 1. The molecule has 3 aromatic rings. The van der Waals surface area contributed by atoms with Crippen molar-refractivity contribution in [2.75, 3.05) is 25.3 Å². The first-order valence-electron chi connectivity index (χ1n) is 11.6. The third-order valence-corrected chi connectivity index (χ3v) is 7.38. The Morgan fingerprint density at radius 3 is 2.61 bits per heavy atom. The molecule has 1 aromatic heterocycles. The fourth-order valence-electron chi connectivity index (χ4n) is 3.95. The lowest BCUT2D eigenvalue weighted by atomic mass is 9.95. The SMILES string of the molecule is CCCSc1nc2n(n1)C(c1cc(Br)c(OCc3ccc(C)cc3)c(OC)c1)C(C(=O)OC)=C(C)N2. The average Bonchev–Trinajstić information content (AvgIpc) is 3.28. The highest BCUT2D eigenvalue weighted by molar-refractivity contribution is 9.10. The normalized spacial score (nSPS) is 14.8. The first-order chi connectivity index (χ1) is 17.4. The summed E-state index contributed by atoms with van der Waals surface area (Å²) in [7, 11) is 2.97. The molecule has 10 heteroatoms. The summed E-state index contributed by atoms with van der Waals surface area (Å²) in [5.74, 6) is 2.14. The first-order valence-corrected chi connectivity index (χ1v) is 13.3. The minimum Gasteiger partial charge on any atom is -0.493 e. The van der Waals surface area contributed by atoms with Gasteiger partial charge in [0.1, 0.15) is 12.6 Å². The molecule has 0 saturated heterocycles. The molecule has 1 unspecified atom stereocenters. The Balaban J connectivity index is 1.74. The van der Waals surface area contributed by atoms with E-state index in [1.807, 2.05) is 31.2 Å². The molecular weight excluding hydrogens is 544 g/mol. The maximum atomic E-state index is 12.9. The number of aryl methyl sites for hydroxylation is 1. The van der Waals surface area contributed by atoms with Crippen molar-refractivity contribution in [3.05, 3.63) is 68.8 Å². The molecule has 36 heavy (non-hydrogen) atoms. The standard InChI is InChI=1S/C26H29BrN4O4S/c1-6-11-36-26-29-25-28-16(3)21(24(32)34-5)22(31(25)30-26)18-12-19(27)23(20(13-18)33-4)35-14-17-9-7-15(2)8-10-17/h7-10,12-13,22H,6,11,14H2,1-5H3,(H,28,29,30). The number of hydrogen-bond donors (Lipinski definition) is 1. The van der Waals surface area contributed by atoms with Crippen LogP contribution in [0.2, 0.25) is 0 Å². The number of aromatic nitrogens is 3. The van der Waals surface area contributed by atoms with E-state index in [9.17, 15) is 4.79 Å². The summed E-state index contributed by atoms with van der Waals surface area (Å²) in [6.07, 6.45) is 1.00. The van der Waals surface area contributed by atoms with Gasteiger partial charge in [-0.1, -0.05) is 48.5 Å². The number of esters is 1. The monoisotopic (exact) mass is 572 g/mol. The molecular formula is C26H29BrN4O4S. The molecule has 0 aliphatic carbocycles. The number of allylic oxidation sites excluding steroid dienone is 1. The predicted molar refractivity (Wildman–Crippen MR) is 144 cm³/mol. The molecule has 0 amide bonds. The van der Waals surface area contributed by atoms with Gasteiger partial charge in [0.05, 0.1) is 24.3 Å². The summed E-state index contributed by atoms with van der Waals surface area (Å²) in [5.41, 5.74) is 4.13. The van der Waals surface area contributed by atoms with Gasteiger partial charge in [-0.15, -0.1) is 5.10 Å². The van der Waals surface area contributed by atoms with Crippen molar-refractivity contribution in [3.63, 3.8) is 0 Å². The number of hydrogen-bond acceptors (Lipinski definition) is 8. The number of nitrogens with zero attached hydrogens (tertiary/aromatic N) is 3. The van der Waals surface area contributed by atoms with Crippen LogP contribution >= 0.6 is 27.7 Å². The van der Waals surface area contributed by atoms with Crippen LogP contribution in [0.4, 0.5) is 5.95 Å². The van der Waals surface area contributed by atoms with Gasteiger partial charge in [-0.25, -0.2) is 9.48 Å². The van der Waals surface area contributed by atoms with Crippen LogP contribution in [-0.4, -0.2) is 40.7 Å². The molecule has 4 rings (SSSR count). The Bertz CT molecular complexity index is 1290. The van der Waals surface area contributed by atoms with E-state index in [1.54, 1.807) is 23.6 Å². The molecule has 1 aliphatic rings. The molecule has 190 valence electrons. The highest BCUT2D eigenvalue weighted by atomic mass is 79.9. The Kier molecular flexibility index (Phi) is 8.25. The zero-order valence-corrected chi connectivity index (χ0v) is 23.3. The molecule has 1 N–H and O–H groups in total. The van der Waals surface area contributed by atoms with Crippen molar-refractivity contribution in [2.45, 2.75) is 45.0 Å². The van der Waals surface area contributed by atoms with Gasteiger partial charge in [-0.05, 0) is 59.5 Å². The fourth-order valence-corrected chi connectivity index (χ4v) is 5.20. The van der Waals surface area contributed by atoms with Gasteiger partial charge in [0.15, 0.2) is 11.5 Å². The average molecular weight is 574 g/mol. The highest BCUT2D eigenvalue weighted by Gasteiger charge is 2.36. The summed E-state index contributed by atoms with van der Waals surface area (Å²) in [5, 5.41) is 8.57. The van der Waals surface area contributed by atoms with Crippen LogP contribution in [0, 0.1) is 6.92 Å². The predicted octanol–water partition coefficient (Wildman–Crippen LogP) is 5.90. The number of carbonyl (C=O) groups is 1. The van der Waals surface area contributed by atoms with Crippen LogP contribution in [0.3, 0.4) is 0 Å². The molecule has 1 atom stereocenters. The number of thioether (sulfide) groups is 1. The Morgan fingerprint density at radius 2 is 1.94 bits per heavy atom. The third-order valence-electron chi connectivity index (χ3n) is 5.75. The number of nitrogens with one attached hydrogen (secondary N) is 1. The van der Waals surface area contributed by atoms with E-state index in [4.69, 9.17) is 19.3 Å². The minimum absolute atomic E-state index is 0.388. The van der Waals surface area contributed by atoms with E-state index >= 15 is 0 Å². The van der Waals surface area contributed by atoms with Crippen LogP contribution in [0.25, 0.3) is 0 Å². The van der Waals surface area contributed by atoms with E-state index in [0.29, 0.717) is 45.0 Å². The number of anilines is 1. The molecule has 1 aliphatic heterocycles. The van der Waals surface area contributed by atoms with E-state index in [0.717, 1.165) is 23.3 Å². The third kappa shape index (κ3) is 5.39. The topological polar surface area (TPSA) is 87.5 Å². The number of halogens is 1. The van der Waals surface area contributed by atoms with Gasteiger partial charge in [-0.3, -0.25) is 0 Å². The van der Waals surface area contributed by atoms with E-state index in [1.165, 1.54) is 12.7 Å². The van der Waals surface area contributed by atoms with E-state index in [-0.39, 0.29) is 0 Å². The van der Waals surface area contributed by atoms with Crippen molar-refractivity contribution < 1.29 is 19.0 Å². The largest absolute Gasteiger partial charge is 0.493 e. The highest BCUT2D eigenvalue weighted by Crippen LogP contribution is 2.43. The lowest BCUT2D eigenvalue weighted by Gasteiger charge is -2.28. The van der Waals surface area contributed by atoms with Gasteiger partial charge >= 0.3 is 5.97 Å². The quantitative estimate of drug-likeness (QED) is 0.250. The molecule has 2 aromatic carbocycles. The Hall–Kier alpha value is -2.98. The molecule has 8 nitrogen and oxygen atoms in total. The van der Waals surface area contributed by atoms with E-state index in [2.05, 4.69) is 52.2 Å². The Labute approximate surface area is 223 Å². The number of fused-ring (bicyclic) bond motifs is 1. The molecule has 0 spiro atoms. The van der Waals surface area contributed by atoms with Gasteiger partial charge in [-0.2, -0.15) is 4.98 Å². The second kappa shape index (κ2) is 11.4. The summed E-state index contributed by atoms with van der Waals surface area (Å²) in [6, 6.07) is 11.4. The minimum atomic E-state index is -0.562. The van der Waals surface area contributed by atoms with Crippen LogP contribution in [0.5, 0.6) is 11.5 Å². The smallest absolute Gasteiger partial charge is 0.338 e. The lowest BCUT2D eigenvalue weighted by molar-refractivity contribution is -0.136. The number of rotatable bonds is 9. The first kappa shape index (κ1) is 26.1. The van der Waals surface area contributed by atoms with Gasteiger partial charge in [0.25, 0.3) is 0 Å². The lowest BCUT2D eigenvalue weighted by Crippen LogP contribution is -2.29. The van der Waals surface area contributed by atoms with Crippen molar-refractivity contribution in [1.29, 1.82) is 0 Å². The maximum absolute atomic E-state index is 12.9. The van der Waals surface area contributed by atoms with Crippen LogP contribution < -0.4 is 14.8 Å². The zero-order valence-electron chi connectivity index (χ0n) is 20.9. The molecule has 2 heterocycles. The van der Waals surface area contributed by atoms with Crippen LogP contribution in [-0.2, 0) is 16.1 Å². The number of methoxy groups -OCH3 is 2. The molecule has 0 fully saturated rings. The number of benzene rings is 2. The van der Waals surface area contributed by atoms with Crippen molar-refractivity contribution in [3.8, 4) is 11.5 Å². The molecule has 0 saturated carbocycles. The summed E-state index contributed by atoms with van der Waals surface area (Å²) in [4.78, 5) is 17.5. The second-order valence-electron chi connectivity index (χ2n) is 8.38. The second-order valence-corrected chi connectivity index (χ2v) is 10.3. The van der Waals surface area contributed by atoms with Crippen molar-refractivity contribution in [1.82, 2.24) is 14.8 Å². The maximum Gasteiger partial charge on any atom is 0.338 e. The van der Waals surface area contributed by atoms with Crippen LogP contribution in [0.15, 0.2) is 57.3 Å². The molecule has 0 bridgehead atoms. The molecule has 0 radical (unpaired) electrons. The van der Waals surface area contributed by atoms with Gasteiger partial charge < -0.3 is 19.5 Å². The van der Waals surface area contributed by atoms with Gasteiger partial charge in [0, 0.05) is 11.4 Å². The van der Waals surface area contributed by atoms with E-state index < -0.39 is 12.0 Å². The summed E-state index contributed by atoms with van der Waals surface area (Å²) < 4.78 is 19.4.